The molecule has 20 heavy (non-hydrogen) atoms. The highest BCUT2D eigenvalue weighted by atomic mass is 16.1. The van der Waals surface area contributed by atoms with E-state index in [9.17, 15) is 10.1 Å². The van der Waals surface area contributed by atoms with Crippen molar-refractivity contribution in [2.45, 2.75) is 6.92 Å². The van der Waals surface area contributed by atoms with Gasteiger partial charge in [0.15, 0.2) is 0 Å². The second kappa shape index (κ2) is 4.67. The van der Waals surface area contributed by atoms with Crippen molar-refractivity contribution in [2.75, 3.05) is 0 Å². The van der Waals surface area contributed by atoms with Crippen molar-refractivity contribution in [3.8, 4) is 17.2 Å². The molecule has 0 spiro atoms. The summed E-state index contributed by atoms with van der Waals surface area (Å²) in [4.78, 5) is 14.6. The van der Waals surface area contributed by atoms with Crippen molar-refractivity contribution >= 4 is 10.8 Å². The molecule has 0 fully saturated rings. The quantitative estimate of drug-likeness (QED) is 0.729. The average molecular weight is 260 g/mol. The Morgan fingerprint density at radius 3 is 2.60 bits per heavy atom. The maximum absolute atomic E-state index is 11.9. The molecule has 3 aromatic rings. The van der Waals surface area contributed by atoms with E-state index in [1.165, 1.54) is 0 Å². The lowest BCUT2D eigenvalue weighted by Crippen LogP contribution is -2.12. The Kier molecular flexibility index (Phi) is 2.85. The number of pyridine rings is 1. The smallest absolute Gasteiger partial charge is 0.266 e. The van der Waals surface area contributed by atoms with Crippen LogP contribution < -0.4 is 5.56 Å². The largest absolute Gasteiger partial charge is 0.325 e. The first kappa shape index (κ1) is 12.2. The van der Waals surface area contributed by atoms with Crippen LogP contribution in [-0.4, -0.2) is 4.98 Å². The molecule has 1 N–H and O–H groups in total. The lowest BCUT2D eigenvalue weighted by Gasteiger charge is -2.09. The Bertz CT molecular complexity index is 895. The highest BCUT2D eigenvalue weighted by Crippen LogP contribution is 2.29. The summed E-state index contributed by atoms with van der Waals surface area (Å²) >= 11 is 0. The molecule has 1 heterocycles. The fourth-order valence-electron chi connectivity index (χ4n) is 2.47. The Labute approximate surface area is 116 Å². The van der Waals surface area contributed by atoms with Crippen molar-refractivity contribution in [3.63, 3.8) is 0 Å². The number of fused-ring (bicyclic) bond motifs is 1. The minimum absolute atomic E-state index is 0.159. The zero-order valence-corrected chi connectivity index (χ0v) is 11.0. The topological polar surface area (TPSA) is 56.6 Å². The molecule has 0 atom stereocenters. The van der Waals surface area contributed by atoms with E-state index in [0.29, 0.717) is 5.56 Å². The van der Waals surface area contributed by atoms with Crippen molar-refractivity contribution in [2.24, 2.45) is 0 Å². The van der Waals surface area contributed by atoms with E-state index in [1.807, 2.05) is 61.5 Å². The molecule has 3 rings (SSSR count). The van der Waals surface area contributed by atoms with E-state index >= 15 is 0 Å². The molecule has 0 aliphatic carbocycles. The molecule has 3 heteroatoms. The van der Waals surface area contributed by atoms with E-state index in [0.717, 1.165) is 22.0 Å². The third-order valence-corrected chi connectivity index (χ3v) is 3.36. The molecule has 0 unspecified atom stereocenters. The lowest BCUT2D eigenvalue weighted by atomic mass is 9.95. The Morgan fingerprint density at radius 2 is 1.80 bits per heavy atom. The van der Waals surface area contributed by atoms with Crippen LogP contribution in [0.25, 0.3) is 21.9 Å². The van der Waals surface area contributed by atoms with Gasteiger partial charge < -0.3 is 4.98 Å². The Balaban J connectivity index is 2.43. The predicted molar refractivity (Wildman–Crippen MR) is 79.5 cm³/mol. The number of nitriles is 1. The SMILES string of the molecule is Cc1cc(-c2cccc3ccccc23)c(C#N)c(=O)[nH]1. The molecule has 0 aliphatic rings. The number of rotatable bonds is 1. The molecular formula is C17H12N2O. The van der Waals surface area contributed by atoms with Crippen LogP contribution in [0, 0.1) is 18.3 Å². The predicted octanol–water partition coefficient (Wildman–Crippen LogP) is 3.38. The number of nitrogens with zero attached hydrogens (tertiary/aromatic N) is 1. The van der Waals surface area contributed by atoms with Gasteiger partial charge >= 0.3 is 0 Å². The Hall–Kier alpha value is -2.86. The molecule has 0 aliphatic heterocycles. The van der Waals surface area contributed by atoms with Crippen LogP contribution in [0.15, 0.2) is 53.3 Å². The Morgan fingerprint density at radius 1 is 1.05 bits per heavy atom. The second-order valence-corrected chi connectivity index (χ2v) is 4.71. The van der Waals surface area contributed by atoms with Crippen molar-refractivity contribution in [3.05, 3.63) is 70.1 Å². The molecule has 3 nitrogen and oxygen atoms in total. The van der Waals surface area contributed by atoms with E-state index in [2.05, 4.69) is 4.98 Å². The summed E-state index contributed by atoms with van der Waals surface area (Å²) in [6.45, 7) is 1.82. The fourth-order valence-corrected chi connectivity index (χ4v) is 2.47. The van der Waals surface area contributed by atoms with Crippen LogP contribution >= 0.6 is 0 Å². The molecule has 0 radical (unpaired) electrons. The standard InChI is InChI=1S/C17H12N2O/c1-11-9-15(16(10-18)17(20)19-11)14-8-4-6-12-5-2-3-7-13(12)14/h2-9H,1H3,(H,19,20). The van der Waals surface area contributed by atoms with Gasteiger partial charge in [-0.15, -0.1) is 0 Å². The van der Waals surface area contributed by atoms with Crippen molar-refractivity contribution < 1.29 is 0 Å². The monoisotopic (exact) mass is 260 g/mol. The van der Waals surface area contributed by atoms with Gasteiger partial charge in [-0.05, 0) is 29.3 Å². The third-order valence-electron chi connectivity index (χ3n) is 3.36. The summed E-state index contributed by atoms with van der Waals surface area (Å²) in [5.41, 5.74) is 2.17. The average Bonchev–Trinajstić information content (AvgIpc) is 2.46. The number of aromatic amines is 1. The van der Waals surface area contributed by atoms with E-state index < -0.39 is 0 Å². The van der Waals surface area contributed by atoms with Gasteiger partial charge in [0.25, 0.3) is 5.56 Å². The summed E-state index contributed by atoms with van der Waals surface area (Å²) < 4.78 is 0. The summed E-state index contributed by atoms with van der Waals surface area (Å²) in [6, 6.07) is 17.7. The molecule has 0 bridgehead atoms. The van der Waals surface area contributed by atoms with Crippen molar-refractivity contribution in [1.82, 2.24) is 4.98 Å². The normalized spacial score (nSPS) is 10.4. The fraction of sp³-hybridized carbons (Fsp3) is 0.0588. The number of hydrogen-bond acceptors (Lipinski definition) is 2. The van der Waals surface area contributed by atoms with Crippen LogP contribution in [0.4, 0.5) is 0 Å². The highest BCUT2D eigenvalue weighted by Gasteiger charge is 2.12. The summed E-state index contributed by atoms with van der Waals surface area (Å²) in [5, 5.41) is 11.4. The van der Waals surface area contributed by atoms with E-state index in [4.69, 9.17) is 0 Å². The second-order valence-electron chi connectivity index (χ2n) is 4.71. The first-order chi connectivity index (χ1) is 9.70. The van der Waals surface area contributed by atoms with E-state index in [1.54, 1.807) is 0 Å². The minimum Gasteiger partial charge on any atom is -0.325 e. The van der Waals surface area contributed by atoms with Gasteiger partial charge in [-0.25, -0.2) is 0 Å². The van der Waals surface area contributed by atoms with Crippen LogP contribution in [0.5, 0.6) is 0 Å². The number of nitrogens with one attached hydrogen (secondary N) is 1. The first-order valence-electron chi connectivity index (χ1n) is 6.33. The molecular weight excluding hydrogens is 248 g/mol. The number of H-pyrrole nitrogens is 1. The van der Waals surface area contributed by atoms with Crippen LogP contribution in [-0.2, 0) is 0 Å². The molecule has 0 saturated carbocycles. The summed E-state index contributed by atoms with van der Waals surface area (Å²) in [6.07, 6.45) is 0. The zero-order chi connectivity index (χ0) is 14.1. The van der Waals surface area contributed by atoms with Gasteiger partial charge in [0.1, 0.15) is 11.6 Å². The number of aromatic nitrogens is 1. The number of hydrogen-bond donors (Lipinski definition) is 1. The van der Waals surface area contributed by atoms with Gasteiger partial charge in [0, 0.05) is 11.3 Å². The molecule has 2 aromatic carbocycles. The third kappa shape index (κ3) is 1.88. The zero-order valence-electron chi connectivity index (χ0n) is 11.0. The van der Waals surface area contributed by atoms with E-state index in [-0.39, 0.29) is 11.1 Å². The maximum Gasteiger partial charge on any atom is 0.266 e. The summed E-state index contributed by atoms with van der Waals surface area (Å²) in [7, 11) is 0. The van der Waals surface area contributed by atoms with Gasteiger partial charge in [0.2, 0.25) is 0 Å². The molecule has 1 aromatic heterocycles. The van der Waals surface area contributed by atoms with Crippen molar-refractivity contribution in [1.29, 1.82) is 5.26 Å². The first-order valence-corrected chi connectivity index (χ1v) is 6.33. The number of aryl methyl sites for hydroxylation is 1. The highest BCUT2D eigenvalue weighted by molar-refractivity contribution is 5.97. The number of benzene rings is 2. The molecule has 0 amide bonds. The van der Waals surface area contributed by atoms with Gasteiger partial charge in [-0.1, -0.05) is 42.5 Å². The maximum atomic E-state index is 11.9. The van der Waals surface area contributed by atoms with Crippen LogP contribution in [0.2, 0.25) is 0 Å². The van der Waals surface area contributed by atoms with Gasteiger partial charge in [-0.2, -0.15) is 5.26 Å². The molecule has 0 saturated heterocycles. The van der Waals surface area contributed by atoms with Crippen LogP contribution in [0.1, 0.15) is 11.3 Å². The minimum atomic E-state index is -0.338. The van der Waals surface area contributed by atoms with Gasteiger partial charge in [-0.3, -0.25) is 4.79 Å². The van der Waals surface area contributed by atoms with Crippen LogP contribution in [0.3, 0.4) is 0 Å². The lowest BCUT2D eigenvalue weighted by molar-refractivity contribution is 1.13. The van der Waals surface area contributed by atoms with Gasteiger partial charge in [0.05, 0.1) is 0 Å². The summed E-state index contributed by atoms with van der Waals surface area (Å²) in [5.74, 6) is 0. The molecule has 96 valence electrons.